The van der Waals surface area contributed by atoms with Crippen LogP contribution in [0.4, 0.5) is 0 Å². The first kappa shape index (κ1) is 14.3. The van der Waals surface area contributed by atoms with Crippen LogP contribution in [0.15, 0.2) is 17.1 Å². The normalized spacial score (nSPS) is 18.4. The number of hydrogen-bond donors (Lipinski definition) is 0. The Balaban J connectivity index is 1.95. The molecule has 0 fully saturated rings. The van der Waals surface area contributed by atoms with Crippen LogP contribution >= 0.6 is 0 Å². The molecule has 0 aromatic rings. The van der Waals surface area contributed by atoms with E-state index in [0.29, 0.717) is 0 Å². The number of aliphatic imine (C=N–C) groups is 1. The Bertz CT molecular complexity index is 266. The Morgan fingerprint density at radius 1 is 1.18 bits per heavy atom. The van der Waals surface area contributed by atoms with Gasteiger partial charge in [-0.25, -0.2) is 4.99 Å². The molecule has 0 bridgehead atoms. The summed E-state index contributed by atoms with van der Waals surface area (Å²) in [5, 5.41) is 0. The molecule has 0 N–H and O–H groups in total. The molecule has 0 saturated heterocycles. The zero-order valence-corrected chi connectivity index (χ0v) is 11.7. The first-order valence-electron chi connectivity index (χ1n) is 6.97. The summed E-state index contributed by atoms with van der Waals surface area (Å²) in [6.07, 6.45) is 13.2. The van der Waals surface area contributed by atoms with Crippen LogP contribution < -0.4 is 0 Å². The lowest BCUT2D eigenvalue weighted by atomic mass is 10.1. The highest BCUT2D eigenvalue weighted by Gasteiger charge is 2.25. The van der Waals surface area contributed by atoms with Crippen molar-refractivity contribution in [3.8, 4) is 0 Å². The van der Waals surface area contributed by atoms with Crippen molar-refractivity contribution in [2.45, 2.75) is 71.3 Å². The predicted molar refractivity (Wildman–Crippen MR) is 74.6 cm³/mol. The third-order valence-electron chi connectivity index (χ3n) is 3.02. The van der Waals surface area contributed by atoms with Gasteiger partial charge in [-0.05, 0) is 40.0 Å². The summed E-state index contributed by atoms with van der Waals surface area (Å²) in [5.41, 5.74) is 0.0157. The number of unbranched alkanes of at least 4 members (excludes halogenated alkanes) is 5. The van der Waals surface area contributed by atoms with Crippen LogP contribution in [0.3, 0.4) is 0 Å². The molecule has 1 aliphatic rings. The summed E-state index contributed by atoms with van der Waals surface area (Å²) >= 11 is 0. The summed E-state index contributed by atoms with van der Waals surface area (Å²) in [4.78, 5) is 4.56. The predicted octanol–water partition coefficient (Wildman–Crippen LogP) is 4.50. The minimum Gasteiger partial charge on any atom is -0.478 e. The maximum absolute atomic E-state index is 5.57. The van der Waals surface area contributed by atoms with E-state index in [4.69, 9.17) is 4.74 Å². The first-order valence-corrected chi connectivity index (χ1v) is 6.97. The van der Waals surface area contributed by atoms with Gasteiger partial charge in [0.05, 0.1) is 5.54 Å². The van der Waals surface area contributed by atoms with Crippen molar-refractivity contribution in [1.29, 1.82) is 0 Å². The molecule has 0 saturated carbocycles. The smallest absolute Gasteiger partial charge is 0.183 e. The highest BCUT2D eigenvalue weighted by atomic mass is 16.5. The maximum atomic E-state index is 5.57. The van der Waals surface area contributed by atoms with Crippen molar-refractivity contribution in [3.05, 3.63) is 12.2 Å². The van der Waals surface area contributed by atoms with Crippen LogP contribution in [-0.2, 0) is 4.74 Å². The van der Waals surface area contributed by atoms with Gasteiger partial charge in [0.2, 0.25) is 0 Å². The minimum atomic E-state index is 0.0157. The number of ether oxygens (including phenoxy) is 1. The molecule has 0 spiro atoms. The number of nitrogens with zero attached hydrogens (tertiary/aromatic N) is 1. The average molecular weight is 237 g/mol. The van der Waals surface area contributed by atoms with Gasteiger partial charge in [0, 0.05) is 6.42 Å². The van der Waals surface area contributed by atoms with Crippen LogP contribution in [0.1, 0.15) is 65.7 Å². The largest absolute Gasteiger partial charge is 0.478 e. The fourth-order valence-electron chi connectivity index (χ4n) is 2.03. The van der Waals surface area contributed by atoms with Gasteiger partial charge in [0.15, 0.2) is 5.90 Å². The molecule has 0 aliphatic carbocycles. The molecule has 0 aromatic carbocycles. The molecule has 0 amide bonds. The van der Waals surface area contributed by atoms with E-state index in [2.05, 4.69) is 37.9 Å². The van der Waals surface area contributed by atoms with Crippen molar-refractivity contribution in [3.63, 3.8) is 0 Å². The van der Waals surface area contributed by atoms with Crippen molar-refractivity contribution < 1.29 is 4.74 Å². The van der Waals surface area contributed by atoms with Crippen LogP contribution in [0.2, 0.25) is 0 Å². The second kappa shape index (κ2) is 7.52. The van der Waals surface area contributed by atoms with Crippen LogP contribution in [-0.4, -0.2) is 18.0 Å². The Kier molecular flexibility index (Phi) is 6.31. The molecule has 2 heteroatoms. The van der Waals surface area contributed by atoms with E-state index in [-0.39, 0.29) is 5.54 Å². The van der Waals surface area contributed by atoms with Crippen LogP contribution in [0.5, 0.6) is 0 Å². The molecule has 1 aliphatic heterocycles. The topological polar surface area (TPSA) is 21.6 Å². The van der Waals surface area contributed by atoms with Crippen molar-refractivity contribution >= 4 is 5.90 Å². The SMILES string of the molecule is C/C=C/CCCCCCCC1=NC(C)(C)CO1. The molecule has 0 atom stereocenters. The van der Waals surface area contributed by atoms with E-state index in [9.17, 15) is 0 Å². The molecule has 1 heterocycles. The maximum Gasteiger partial charge on any atom is 0.183 e. The highest BCUT2D eigenvalue weighted by molar-refractivity contribution is 5.78. The lowest BCUT2D eigenvalue weighted by molar-refractivity contribution is 0.273. The van der Waals surface area contributed by atoms with Crippen LogP contribution in [0.25, 0.3) is 0 Å². The number of rotatable bonds is 8. The summed E-state index contributed by atoms with van der Waals surface area (Å²) < 4.78 is 5.57. The van der Waals surface area contributed by atoms with Gasteiger partial charge in [-0.2, -0.15) is 0 Å². The summed E-state index contributed by atoms with van der Waals surface area (Å²) in [6.45, 7) is 7.10. The zero-order valence-electron chi connectivity index (χ0n) is 11.7. The second-order valence-electron chi connectivity index (χ2n) is 5.48. The molecular weight excluding hydrogens is 210 g/mol. The Morgan fingerprint density at radius 3 is 2.53 bits per heavy atom. The van der Waals surface area contributed by atoms with Gasteiger partial charge >= 0.3 is 0 Å². The zero-order chi connectivity index (χ0) is 12.6. The summed E-state index contributed by atoms with van der Waals surface area (Å²) in [5.74, 6) is 0.976. The van der Waals surface area contributed by atoms with E-state index < -0.39 is 0 Å². The Hall–Kier alpha value is -0.790. The number of hydrogen-bond acceptors (Lipinski definition) is 2. The lowest BCUT2D eigenvalue weighted by Crippen LogP contribution is -2.17. The van der Waals surface area contributed by atoms with E-state index in [1.54, 1.807) is 0 Å². The van der Waals surface area contributed by atoms with Crippen molar-refractivity contribution in [1.82, 2.24) is 0 Å². The van der Waals surface area contributed by atoms with E-state index >= 15 is 0 Å². The fourth-order valence-corrected chi connectivity index (χ4v) is 2.03. The summed E-state index contributed by atoms with van der Waals surface area (Å²) in [6, 6.07) is 0. The molecule has 1 rings (SSSR count). The monoisotopic (exact) mass is 237 g/mol. The molecular formula is C15H27NO. The highest BCUT2D eigenvalue weighted by Crippen LogP contribution is 2.19. The molecule has 0 radical (unpaired) electrons. The standard InChI is InChI=1S/C15H27NO/c1-4-5-6-7-8-9-10-11-12-14-16-15(2,3)13-17-14/h4-5H,6-13H2,1-3H3/b5-4+. The second-order valence-corrected chi connectivity index (χ2v) is 5.48. The van der Waals surface area contributed by atoms with E-state index in [1.165, 1.54) is 38.5 Å². The van der Waals surface area contributed by atoms with Gasteiger partial charge in [-0.15, -0.1) is 0 Å². The van der Waals surface area contributed by atoms with Gasteiger partial charge in [0.1, 0.15) is 6.61 Å². The number of allylic oxidation sites excluding steroid dienone is 2. The quantitative estimate of drug-likeness (QED) is 0.450. The van der Waals surface area contributed by atoms with Crippen molar-refractivity contribution in [2.24, 2.45) is 4.99 Å². The van der Waals surface area contributed by atoms with Gasteiger partial charge < -0.3 is 4.74 Å². The third-order valence-corrected chi connectivity index (χ3v) is 3.02. The average Bonchev–Trinajstić information content (AvgIpc) is 2.62. The van der Waals surface area contributed by atoms with E-state index in [1.807, 2.05) is 0 Å². The molecule has 17 heavy (non-hydrogen) atoms. The van der Waals surface area contributed by atoms with Crippen molar-refractivity contribution in [2.75, 3.05) is 6.61 Å². The van der Waals surface area contributed by atoms with E-state index in [0.717, 1.165) is 18.9 Å². The minimum absolute atomic E-state index is 0.0157. The molecule has 98 valence electrons. The van der Waals surface area contributed by atoms with Gasteiger partial charge in [-0.3, -0.25) is 0 Å². The first-order chi connectivity index (χ1) is 8.14. The van der Waals surface area contributed by atoms with Gasteiger partial charge in [0.25, 0.3) is 0 Å². The Morgan fingerprint density at radius 2 is 1.88 bits per heavy atom. The molecule has 0 unspecified atom stereocenters. The summed E-state index contributed by atoms with van der Waals surface area (Å²) in [7, 11) is 0. The van der Waals surface area contributed by atoms with Gasteiger partial charge in [-0.1, -0.05) is 31.4 Å². The molecule has 0 aromatic heterocycles. The molecule has 2 nitrogen and oxygen atoms in total. The Labute approximate surface area is 106 Å². The van der Waals surface area contributed by atoms with Crippen LogP contribution in [0, 0.1) is 0 Å². The fraction of sp³-hybridized carbons (Fsp3) is 0.800. The lowest BCUT2D eigenvalue weighted by Gasteiger charge is -2.07. The third kappa shape index (κ3) is 6.50.